The highest BCUT2D eigenvalue weighted by atomic mass is 127. The summed E-state index contributed by atoms with van der Waals surface area (Å²) >= 11 is 2.16. The first-order chi connectivity index (χ1) is 12.8. The lowest BCUT2D eigenvalue weighted by atomic mass is 10.0. The molecule has 0 unspecified atom stereocenters. The number of nitrogens with zero attached hydrogens (tertiary/aromatic N) is 4. The van der Waals surface area contributed by atoms with E-state index < -0.39 is 11.7 Å². The molecule has 2 aromatic rings. The van der Waals surface area contributed by atoms with Gasteiger partial charge in [-0.2, -0.15) is 5.26 Å². The molecule has 3 rings (SSSR count). The third kappa shape index (κ3) is 4.39. The molecule has 2 aromatic heterocycles. The van der Waals surface area contributed by atoms with E-state index in [9.17, 15) is 10.1 Å². The third-order valence-corrected chi connectivity index (χ3v) is 5.62. The van der Waals surface area contributed by atoms with Crippen LogP contribution >= 0.6 is 30.3 Å². The summed E-state index contributed by atoms with van der Waals surface area (Å²) in [6, 6.07) is 4.09. The summed E-state index contributed by atoms with van der Waals surface area (Å²) < 4.78 is 13.1. The lowest BCUT2D eigenvalue weighted by Crippen LogP contribution is -2.34. The van der Waals surface area contributed by atoms with Gasteiger partial charge in [-0.15, -0.1) is 0 Å². The standard InChI is InChI=1S/C18H19IN4O3S/c1-18(2,3)26-17(24)22-6-7-25-11-12(10-22)14-9-21-15(8-20)16-13(14)4-5-23(16)27-19/h4-5,9-10H,6-7,11H2,1-3H3. The van der Waals surface area contributed by atoms with Crippen LogP contribution in [0.25, 0.3) is 16.5 Å². The Bertz CT molecular complexity index is 942. The van der Waals surface area contributed by atoms with Gasteiger partial charge in [-0.25, -0.2) is 9.78 Å². The smallest absolute Gasteiger partial charge is 0.414 e. The highest BCUT2D eigenvalue weighted by Crippen LogP contribution is 2.32. The number of amides is 1. The molecule has 0 radical (unpaired) electrons. The number of carbonyl (C=O) groups is 1. The molecule has 3 heterocycles. The maximum absolute atomic E-state index is 12.5. The van der Waals surface area contributed by atoms with Crippen molar-refractivity contribution in [2.75, 3.05) is 19.8 Å². The molecule has 1 aliphatic rings. The van der Waals surface area contributed by atoms with Crippen molar-refractivity contribution < 1.29 is 14.3 Å². The van der Waals surface area contributed by atoms with Gasteiger partial charge in [0.1, 0.15) is 11.7 Å². The molecular formula is C18H19IN4O3S. The van der Waals surface area contributed by atoms with E-state index in [4.69, 9.17) is 9.47 Å². The molecule has 9 heteroatoms. The van der Waals surface area contributed by atoms with Crippen molar-refractivity contribution >= 4 is 52.9 Å². The summed E-state index contributed by atoms with van der Waals surface area (Å²) in [6.45, 7) is 6.68. The van der Waals surface area contributed by atoms with E-state index in [2.05, 4.69) is 32.3 Å². The van der Waals surface area contributed by atoms with Gasteiger partial charge in [-0.1, -0.05) is 0 Å². The van der Waals surface area contributed by atoms with Gasteiger partial charge in [0.2, 0.25) is 0 Å². The van der Waals surface area contributed by atoms with Gasteiger partial charge in [0.15, 0.2) is 5.69 Å². The number of hydrogen-bond donors (Lipinski definition) is 0. The first-order valence-electron chi connectivity index (χ1n) is 8.31. The Morgan fingerprint density at radius 1 is 1.48 bits per heavy atom. The summed E-state index contributed by atoms with van der Waals surface area (Å²) in [6.07, 6.45) is 4.91. The number of hydrogen-bond acceptors (Lipinski definition) is 6. The first-order valence-corrected chi connectivity index (χ1v) is 11.6. The van der Waals surface area contributed by atoms with Crippen molar-refractivity contribution in [2.45, 2.75) is 26.4 Å². The second kappa shape index (κ2) is 8.08. The molecule has 1 amide bonds. The molecule has 0 saturated carbocycles. The van der Waals surface area contributed by atoms with Crippen molar-refractivity contribution in [1.29, 1.82) is 5.26 Å². The van der Waals surface area contributed by atoms with Gasteiger partial charge in [0.05, 0.1) is 25.3 Å². The van der Waals surface area contributed by atoms with Gasteiger partial charge < -0.3 is 9.47 Å². The van der Waals surface area contributed by atoms with Gasteiger partial charge in [-0.05, 0) is 26.8 Å². The Balaban J connectivity index is 2.05. The zero-order chi connectivity index (χ0) is 19.6. The maximum Gasteiger partial charge on any atom is 0.414 e. The van der Waals surface area contributed by atoms with Crippen LogP contribution in [0.4, 0.5) is 4.79 Å². The van der Waals surface area contributed by atoms with Crippen LogP contribution in [0.1, 0.15) is 32.0 Å². The average Bonchev–Trinajstić information content (AvgIpc) is 2.89. The minimum atomic E-state index is -0.573. The molecule has 1 aliphatic heterocycles. The number of carbonyl (C=O) groups excluding carboxylic acids is 1. The number of rotatable bonds is 2. The van der Waals surface area contributed by atoms with Crippen molar-refractivity contribution in [3.63, 3.8) is 0 Å². The van der Waals surface area contributed by atoms with Gasteiger partial charge in [0.25, 0.3) is 0 Å². The van der Waals surface area contributed by atoms with E-state index in [0.717, 1.165) is 22.0 Å². The predicted molar refractivity (Wildman–Crippen MR) is 113 cm³/mol. The van der Waals surface area contributed by atoms with Crippen LogP contribution in [0.2, 0.25) is 0 Å². The second-order valence-corrected chi connectivity index (χ2v) is 8.70. The topological polar surface area (TPSA) is 80.4 Å². The van der Waals surface area contributed by atoms with E-state index in [1.165, 1.54) is 14.0 Å². The SMILES string of the molecule is CC(C)(C)OC(=O)N1C=C(c2cnc(C#N)c3c2ccn3SI)COCC1. The zero-order valence-electron chi connectivity index (χ0n) is 15.2. The monoisotopic (exact) mass is 498 g/mol. The van der Waals surface area contributed by atoms with E-state index >= 15 is 0 Å². The molecule has 0 fully saturated rings. The van der Waals surface area contributed by atoms with E-state index in [1.807, 2.05) is 37.0 Å². The Kier molecular flexibility index (Phi) is 5.98. The Morgan fingerprint density at radius 2 is 2.26 bits per heavy atom. The molecule has 0 aromatic carbocycles. The molecule has 7 nitrogen and oxygen atoms in total. The third-order valence-electron chi connectivity index (χ3n) is 3.89. The molecule has 0 aliphatic carbocycles. The van der Waals surface area contributed by atoms with Crippen LogP contribution < -0.4 is 0 Å². The molecule has 0 atom stereocenters. The van der Waals surface area contributed by atoms with Crippen molar-refractivity contribution in [1.82, 2.24) is 13.9 Å². The van der Waals surface area contributed by atoms with E-state index in [-0.39, 0.29) is 0 Å². The largest absolute Gasteiger partial charge is 0.443 e. The zero-order valence-corrected chi connectivity index (χ0v) is 18.2. The Morgan fingerprint density at radius 3 is 2.93 bits per heavy atom. The molecule has 0 spiro atoms. The van der Waals surface area contributed by atoms with Gasteiger partial charge >= 0.3 is 6.09 Å². The molecular weight excluding hydrogens is 479 g/mol. The maximum atomic E-state index is 12.5. The van der Waals surface area contributed by atoms with Crippen molar-refractivity contribution in [2.24, 2.45) is 0 Å². The summed E-state index contributed by atoms with van der Waals surface area (Å²) in [5.74, 6) is 0. The number of pyridine rings is 1. The van der Waals surface area contributed by atoms with Gasteiger partial charge in [0, 0.05) is 65.4 Å². The second-order valence-electron chi connectivity index (χ2n) is 6.99. The van der Waals surface area contributed by atoms with Crippen LogP contribution in [0, 0.1) is 11.3 Å². The van der Waals surface area contributed by atoms with E-state index in [1.54, 1.807) is 12.4 Å². The molecule has 27 heavy (non-hydrogen) atoms. The van der Waals surface area contributed by atoms with Gasteiger partial charge in [-0.3, -0.25) is 8.87 Å². The Labute approximate surface area is 174 Å². The predicted octanol–water partition coefficient (Wildman–Crippen LogP) is 4.36. The lowest BCUT2D eigenvalue weighted by molar-refractivity contribution is 0.0304. The van der Waals surface area contributed by atoms with Crippen LogP contribution in [-0.2, 0) is 9.47 Å². The van der Waals surface area contributed by atoms with E-state index in [0.29, 0.717) is 25.5 Å². The fourth-order valence-electron chi connectivity index (χ4n) is 2.77. The highest BCUT2D eigenvalue weighted by Gasteiger charge is 2.24. The van der Waals surface area contributed by atoms with Crippen LogP contribution in [0.15, 0.2) is 24.7 Å². The summed E-state index contributed by atoms with van der Waals surface area (Å²) in [5, 5.41) is 10.3. The lowest BCUT2D eigenvalue weighted by Gasteiger charge is -2.24. The highest BCUT2D eigenvalue weighted by molar-refractivity contribution is 14.2. The summed E-state index contributed by atoms with van der Waals surface area (Å²) in [4.78, 5) is 18.3. The minimum absolute atomic E-state index is 0.352. The number of fused-ring (bicyclic) bond motifs is 1. The fourth-order valence-corrected chi connectivity index (χ4v) is 4.11. The number of nitriles is 1. The number of ether oxygens (including phenoxy) is 2. The van der Waals surface area contributed by atoms with Crippen LogP contribution in [0.3, 0.4) is 0 Å². The number of halogens is 1. The van der Waals surface area contributed by atoms with Crippen LogP contribution in [-0.4, -0.2) is 45.3 Å². The first kappa shape index (κ1) is 20.0. The minimum Gasteiger partial charge on any atom is -0.443 e. The molecule has 0 N–H and O–H groups in total. The molecule has 142 valence electrons. The fraction of sp³-hybridized carbons (Fsp3) is 0.389. The van der Waals surface area contributed by atoms with Crippen molar-refractivity contribution in [3.05, 3.63) is 35.9 Å². The number of aromatic nitrogens is 2. The normalized spacial score (nSPS) is 15.2. The molecule has 0 bridgehead atoms. The summed E-state index contributed by atoms with van der Waals surface area (Å²) in [5.41, 5.74) is 2.20. The summed E-state index contributed by atoms with van der Waals surface area (Å²) in [7, 11) is 1.47. The quantitative estimate of drug-likeness (QED) is 0.573. The average molecular weight is 498 g/mol. The van der Waals surface area contributed by atoms with Crippen molar-refractivity contribution in [3.8, 4) is 6.07 Å². The Hall–Kier alpha value is -1.77. The molecule has 0 saturated heterocycles. The van der Waals surface area contributed by atoms with Crippen LogP contribution in [0.5, 0.6) is 0 Å².